The van der Waals surface area contributed by atoms with Crippen LogP contribution in [0.5, 0.6) is 23.0 Å². The number of nitrogens with zero attached hydrogens (tertiary/aromatic N) is 1. The number of anilines is 1. The molecule has 2 aromatic carbocycles. The number of methoxy groups -OCH3 is 4. The Kier molecular flexibility index (Phi) is 6.14. The van der Waals surface area contributed by atoms with Gasteiger partial charge >= 0.3 is 0 Å². The van der Waals surface area contributed by atoms with Crippen molar-refractivity contribution in [2.75, 3.05) is 33.9 Å². The molecule has 0 saturated carbocycles. The molecule has 2 aromatic rings. The lowest BCUT2D eigenvalue weighted by Crippen LogP contribution is -1.97. The lowest BCUT2D eigenvalue weighted by molar-refractivity contribution is 0.324. The minimum Gasteiger partial charge on any atom is -0.495 e. The van der Waals surface area contributed by atoms with Crippen molar-refractivity contribution in [3.63, 3.8) is 0 Å². The molecule has 0 amide bonds. The summed E-state index contributed by atoms with van der Waals surface area (Å²) < 4.78 is 21.0. The number of hydrogen-bond acceptors (Lipinski definition) is 6. The summed E-state index contributed by atoms with van der Waals surface area (Å²) in [7, 11) is 6.26. The highest BCUT2D eigenvalue weighted by Gasteiger charge is 2.12. The fourth-order valence-corrected chi connectivity index (χ4v) is 2.35. The molecule has 7 heteroatoms. The molecule has 0 radical (unpaired) electrons. The van der Waals surface area contributed by atoms with Crippen LogP contribution >= 0.6 is 11.6 Å². The SMILES string of the molecule is COc1ccc(N/N=C/c2cc(OC)c(OC)c(OC)c2)cc1Cl. The third-order valence-corrected chi connectivity index (χ3v) is 3.54. The number of hydrogen-bond donors (Lipinski definition) is 1. The molecule has 24 heavy (non-hydrogen) atoms. The average Bonchev–Trinajstić information content (AvgIpc) is 2.60. The van der Waals surface area contributed by atoms with Gasteiger partial charge < -0.3 is 18.9 Å². The minimum absolute atomic E-state index is 0.505. The molecule has 0 fully saturated rings. The van der Waals surface area contributed by atoms with Crippen molar-refractivity contribution in [2.45, 2.75) is 0 Å². The summed E-state index contributed by atoms with van der Waals surface area (Å²) in [5.41, 5.74) is 4.43. The van der Waals surface area contributed by atoms with Crippen molar-refractivity contribution in [1.29, 1.82) is 0 Å². The fourth-order valence-electron chi connectivity index (χ4n) is 2.09. The van der Waals surface area contributed by atoms with Gasteiger partial charge in [-0.15, -0.1) is 0 Å². The van der Waals surface area contributed by atoms with Crippen molar-refractivity contribution in [3.05, 3.63) is 40.9 Å². The molecule has 128 valence electrons. The minimum atomic E-state index is 0.505. The standard InChI is InChI=1S/C17H19ClN2O4/c1-21-14-6-5-12(9-13(14)18)20-19-10-11-7-15(22-2)17(24-4)16(8-11)23-3/h5-10,20H,1-4H3/b19-10+. The predicted molar refractivity (Wildman–Crippen MR) is 95.3 cm³/mol. The highest BCUT2D eigenvalue weighted by atomic mass is 35.5. The lowest BCUT2D eigenvalue weighted by atomic mass is 10.2. The van der Waals surface area contributed by atoms with Gasteiger partial charge in [0.2, 0.25) is 5.75 Å². The van der Waals surface area contributed by atoms with E-state index in [9.17, 15) is 0 Å². The Labute approximate surface area is 145 Å². The molecule has 0 aliphatic rings. The molecule has 0 aliphatic heterocycles. The summed E-state index contributed by atoms with van der Waals surface area (Å²) >= 11 is 6.07. The Balaban J connectivity index is 2.18. The summed E-state index contributed by atoms with van der Waals surface area (Å²) in [4.78, 5) is 0. The van der Waals surface area contributed by atoms with Crippen LogP contribution in [0.15, 0.2) is 35.4 Å². The van der Waals surface area contributed by atoms with E-state index >= 15 is 0 Å². The van der Waals surface area contributed by atoms with Gasteiger partial charge in [-0.25, -0.2) is 0 Å². The van der Waals surface area contributed by atoms with Crippen LogP contribution < -0.4 is 24.4 Å². The van der Waals surface area contributed by atoms with Gasteiger partial charge in [-0.3, -0.25) is 5.43 Å². The van der Waals surface area contributed by atoms with Gasteiger partial charge in [-0.2, -0.15) is 5.10 Å². The maximum atomic E-state index is 6.07. The van der Waals surface area contributed by atoms with Crippen molar-refractivity contribution >= 4 is 23.5 Å². The molecule has 0 heterocycles. The lowest BCUT2D eigenvalue weighted by Gasteiger charge is -2.12. The third-order valence-electron chi connectivity index (χ3n) is 3.25. The monoisotopic (exact) mass is 350 g/mol. The fraction of sp³-hybridized carbons (Fsp3) is 0.235. The molecule has 0 aliphatic carbocycles. The summed E-state index contributed by atoms with van der Waals surface area (Å²) in [6.07, 6.45) is 1.64. The van der Waals surface area contributed by atoms with Crippen molar-refractivity contribution in [2.24, 2.45) is 5.10 Å². The van der Waals surface area contributed by atoms with E-state index in [1.165, 1.54) is 0 Å². The normalized spacial score (nSPS) is 10.5. The zero-order valence-electron chi connectivity index (χ0n) is 13.9. The molecule has 2 rings (SSSR count). The summed E-state index contributed by atoms with van der Waals surface area (Å²) in [5, 5.41) is 4.69. The average molecular weight is 351 g/mol. The maximum Gasteiger partial charge on any atom is 0.203 e. The van der Waals surface area contributed by atoms with Crippen LogP contribution in [0.25, 0.3) is 0 Å². The number of hydrazone groups is 1. The first kappa shape index (κ1) is 17.7. The van der Waals surface area contributed by atoms with Crippen LogP contribution in [-0.2, 0) is 0 Å². The molecule has 1 N–H and O–H groups in total. The first-order chi connectivity index (χ1) is 11.6. The largest absolute Gasteiger partial charge is 0.495 e. The number of nitrogens with one attached hydrogen (secondary N) is 1. The van der Waals surface area contributed by atoms with Crippen LogP contribution in [0.4, 0.5) is 5.69 Å². The number of benzene rings is 2. The highest BCUT2D eigenvalue weighted by Crippen LogP contribution is 2.37. The number of rotatable bonds is 7. The maximum absolute atomic E-state index is 6.07. The van der Waals surface area contributed by atoms with Gasteiger partial charge in [0.25, 0.3) is 0 Å². The Bertz CT molecular complexity index is 710. The molecule has 0 bridgehead atoms. The summed E-state index contributed by atoms with van der Waals surface area (Å²) in [6, 6.07) is 8.91. The second-order valence-corrected chi connectivity index (χ2v) is 5.09. The van der Waals surface area contributed by atoms with Crippen molar-refractivity contribution in [1.82, 2.24) is 0 Å². The van der Waals surface area contributed by atoms with Gasteiger partial charge in [0, 0.05) is 5.56 Å². The Hall–Kier alpha value is -2.60. The second-order valence-electron chi connectivity index (χ2n) is 4.68. The van der Waals surface area contributed by atoms with Crippen LogP contribution in [-0.4, -0.2) is 34.7 Å². The van der Waals surface area contributed by atoms with Gasteiger partial charge in [-0.05, 0) is 30.3 Å². The molecule has 0 saturated heterocycles. The number of ether oxygens (including phenoxy) is 4. The van der Waals surface area contributed by atoms with Gasteiger partial charge in [-0.1, -0.05) is 11.6 Å². The van der Waals surface area contributed by atoms with E-state index in [4.69, 9.17) is 30.5 Å². The zero-order chi connectivity index (χ0) is 17.5. The van der Waals surface area contributed by atoms with Gasteiger partial charge in [0.1, 0.15) is 5.75 Å². The zero-order valence-corrected chi connectivity index (χ0v) is 14.7. The Morgan fingerprint density at radius 1 is 0.875 bits per heavy atom. The van der Waals surface area contributed by atoms with Crippen LogP contribution in [0.2, 0.25) is 5.02 Å². The van der Waals surface area contributed by atoms with E-state index in [0.717, 1.165) is 11.3 Å². The smallest absolute Gasteiger partial charge is 0.203 e. The quantitative estimate of drug-likeness (QED) is 0.607. The number of halogens is 1. The van der Waals surface area contributed by atoms with Crippen molar-refractivity contribution in [3.8, 4) is 23.0 Å². The predicted octanol–water partition coefficient (Wildman–Crippen LogP) is 3.82. The first-order valence-corrected chi connectivity index (χ1v) is 7.43. The Morgan fingerprint density at radius 2 is 1.50 bits per heavy atom. The molecule has 0 aromatic heterocycles. The van der Waals surface area contributed by atoms with Gasteiger partial charge in [0.15, 0.2) is 11.5 Å². The molecular weight excluding hydrogens is 332 g/mol. The first-order valence-electron chi connectivity index (χ1n) is 7.05. The molecular formula is C17H19ClN2O4. The van der Waals surface area contributed by atoms with Crippen LogP contribution in [0, 0.1) is 0 Å². The summed E-state index contributed by atoms with van der Waals surface area (Å²) in [5.74, 6) is 2.26. The van der Waals surface area contributed by atoms with Gasteiger partial charge in [0.05, 0.1) is 45.4 Å². The summed E-state index contributed by atoms with van der Waals surface area (Å²) in [6.45, 7) is 0. The second kappa shape index (κ2) is 8.31. The van der Waals surface area contributed by atoms with Crippen molar-refractivity contribution < 1.29 is 18.9 Å². The molecule has 0 atom stereocenters. The van der Waals surface area contributed by atoms with Crippen LogP contribution in [0.3, 0.4) is 0 Å². The third kappa shape index (κ3) is 4.02. The van der Waals surface area contributed by atoms with E-state index in [0.29, 0.717) is 28.0 Å². The highest BCUT2D eigenvalue weighted by molar-refractivity contribution is 6.32. The van der Waals surface area contributed by atoms with E-state index in [1.54, 1.807) is 58.9 Å². The molecule has 6 nitrogen and oxygen atoms in total. The van der Waals surface area contributed by atoms with E-state index < -0.39 is 0 Å². The molecule has 0 spiro atoms. The van der Waals surface area contributed by atoms with Crippen LogP contribution in [0.1, 0.15) is 5.56 Å². The van der Waals surface area contributed by atoms with E-state index in [-0.39, 0.29) is 0 Å². The topological polar surface area (TPSA) is 61.3 Å². The van der Waals surface area contributed by atoms with E-state index in [1.807, 2.05) is 6.07 Å². The van der Waals surface area contributed by atoms with E-state index in [2.05, 4.69) is 10.5 Å². The Morgan fingerprint density at radius 3 is 2.00 bits per heavy atom. The molecule has 0 unspecified atom stereocenters.